The third-order valence-electron chi connectivity index (χ3n) is 4.28. The molecule has 30 heavy (non-hydrogen) atoms. The van der Waals surface area contributed by atoms with Gasteiger partial charge < -0.3 is 29.0 Å². The van der Waals surface area contributed by atoms with Gasteiger partial charge in [0.2, 0.25) is 5.75 Å². The lowest BCUT2D eigenvalue weighted by Crippen LogP contribution is -2.19. The number of nitrogens with zero attached hydrogens (tertiary/aromatic N) is 1. The molecule has 1 saturated heterocycles. The predicted molar refractivity (Wildman–Crippen MR) is 116 cm³/mol. The molecule has 1 amide bonds. The van der Waals surface area contributed by atoms with E-state index in [0.29, 0.717) is 50.1 Å². The lowest BCUT2D eigenvalue weighted by molar-refractivity contribution is -0.115. The molecule has 158 valence electrons. The van der Waals surface area contributed by atoms with E-state index < -0.39 is 0 Å². The average Bonchev–Trinajstić information content (AvgIpc) is 3.11. The number of aliphatic imine (C=N–C) groups is 1. The van der Waals surface area contributed by atoms with Crippen molar-refractivity contribution in [3.63, 3.8) is 0 Å². The van der Waals surface area contributed by atoms with E-state index in [1.165, 1.54) is 26.0 Å². The van der Waals surface area contributed by atoms with Gasteiger partial charge in [-0.3, -0.25) is 4.79 Å². The molecule has 0 aromatic heterocycles. The molecule has 0 unspecified atom stereocenters. The highest BCUT2D eigenvalue weighted by Crippen LogP contribution is 2.42. The van der Waals surface area contributed by atoms with Crippen LogP contribution in [0.2, 0.25) is 0 Å². The normalized spacial score (nSPS) is 15.8. The van der Waals surface area contributed by atoms with Gasteiger partial charge in [0.1, 0.15) is 17.2 Å². The molecule has 0 atom stereocenters. The Morgan fingerprint density at radius 3 is 2.23 bits per heavy atom. The van der Waals surface area contributed by atoms with Gasteiger partial charge in [-0.15, -0.1) is 0 Å². The number of hydrogen-bond donors (Lipinski definition) is 1. The Morgan fingerprint density at radius 2 is 1.60 bits per heavy atom. The van der Waals surface area contributed by atoms with Crippen molar-refractivity contribution in [1.29, 1.82) is 0 Å². The molecule has 0 spiro atoms. The van der Waals surface area contributed by atoms with Gasteiger partial charge in [0.25, 0.3) is 5.91 Å². The fourth-order valence-corrected chi connectivity index (χ4v) is 3.67. The monoisotopic (exact) mass is 430 g/mol. The Kier molecular flexibility index (Phi) is 6.73. The van der Waals surface area contributed by atoms with E-state index in [0.717, 1.165) is 0 Å². The lowest BCUT2D eigenvalue weighted by Gasteiger charge is -2.14. The number of nitrogens with one attached hydrogen (secondary N) is 1. The van der Waals surface area contributed by atoms with Crippen LogP contribution in [0.25, 0.3) is 6.08 Å². The van der Waals surface area contributed by atoms with Crippen LogP contribution in [0.4, 0.5) is 5.69 Å². The second kappa shape index (κ2) is 9.45. The van der Waals surface area contributed by atoms with Gasteiger partial charge >= 0.3 is 0 Å². The maximum Gasteiger partial charge on any atom is 0.264 e. The Hall–Kier alpha value is -3.33. The second-order valence-electron chi connectivity index (χ2n) is 5.94. The average molecular weight is 430 g/mol. The topological polar surface area (TPSA) is 87.6 Å². The molecule has 0 radical (unpaired) electrons. The van der Waals surface area contributed by atoms with Crippen molar-refractivity contribution in [3.8, 4) is 28.7 Å². The third kappa shape index (κ3) is 4.30. The molecule has 1 aliphatic rings. The van der Waals surface area contributed by atoms with Crippen molar-refractivity contribution < 1.29 is 28.5 Å². The molecule has 2 aromatic rings. The number of carbonyl (C=O) groups excluding carboxylic acids is 1. The van der Waals surface area contributed by atoms with Gasteiger partial charge in [-0.1, -0.05) is 0 Å². The van der Waals surface area contributed by atoms with E-state index in [-0.39, 0.29) is 5.91 Å². The molecule has 3 rings (SSSR count). The summed E-state index contributed by atoms with van der Waals surface area (Å²) in [5, 5.41) is 3.20. The number of carbonyl (C=O) groups is 1. The van der Waals surface area contributed by atoms with Crippen LogP contribution in [0.1, 0.15) is 5.56 Å². The molecule has 1 N–H and O–H groups in total. The van der Waals surface area contributed by atoms with Crippen LogP contribution < -0.4 is 29.0 Å². The van der Waals surface area contributed by atoms with Gasteiger partial charge in [-0.2, -0.15) is 0 Å². The summed E-state index contributed by atoms with van der Waals surface area (Å²) in [6.07, 6.45) is 1.72. The summed E-state index contributed by atoms with van der Waals surface area (Å²) in [7, 11) is 7.73. The zero-order valence-electron chi connectivity index (χ0n) is 17.3. The van der Waals surface area contributed by atoms with Gasteiger partial charge in [0.05, 0.1) is 40.5 Å². The number of ether oxygens (including phenoxy) is 5. The Morgan fingerprint density at radius 1 is 0.867 bits per heavy atom. The van der Waals surface area contributed by atoms with Crippen LogP contribution >= 0.6 is 11.8 Å². The summed E-state index contributed by atoms with van der Waals surface area (Å²) >= 11 is 1.22. The van der Waals surface area contributed by atoms with Crippen molar-refractivity contribution in [2.45, 2.75) is 0 Å². The van der Waals surface area contributed by atoms with E-state index in [1.807, 2.05) is 0 Å². The summed E-state index contributed by atoms with van der Waals surface area (Å²) < 4.78 is 26.7. The van der Waals surface area contributed by atoms with Crippen LogP contribution in [0.15, 0.2) is 40.2 Å². The molecule has 9 heteroatoms. The number of rotatable bonds is 7. The number of benzene rings is 2. The first-order valence-electron chi connectivity index (χ1n) is 8.85. The molecule has 0 aliphatic carbocycles. The van der Waals surface area contributed by atoms with Crippen molar-refractivity contribution in [2.75, 3.05) is 35.5 Å². The first-order valence-corrected chi connectivity index (χ1v) is 9.66. The van der Waals surface area contributed by atoms with Crippen LogP contribution in [-0.2, 0) is 4.79 Å². The molecule has 2 aromatic carbocycles. The minimum atomic E-state index is -0.261. The van der Waals surface area contributed by atoms with Crippen LogP contribution in [0.3, 0.4) is 0 Å². The summed E-state index contributed by atoms with van der Waals surface area (Å²) in [5.41, 5.74) is 1.25. The van der Waals surface area contributed by atoms with Crippen LogP contribution in [0, 0.1) is 0 Å². The molecule has 8 nitrogen and oxygen atoms in total. The quantitative estimate of drug-likeness (QED) is 0.671. The number of methoxy groups -OCH3 is 5. The minimum Gasteiger partial charge on any atom is -0.497 e. The molecule has 1 fully saturated rings. The zero-order valence-corrected chi connectivity index (χ0v) is 18.1. The summed E-state index contributed by atoms with van der Waals surface area (Å²) in [6.45, 7) is 0. The summed E-state index contributed by atoms with van der Waals surface area (Å²) in [4.78, 5) is 17.4. The Bertz CT molecular complexity index is 1020. The van der Waals surface area contributed by atoms with Crippen molar-refractivity contribution in [3.05, 3.63) is 40.8 Å². The summed E-state index contributed by atoms with van der Waals surface area (Å²) in [6, 6.07) is 8.81. The number of amidine groups is 1. The number of amides is 1. The van der Waals surface area contributed by atoms with E-state index in [1.54, 1.807) is 57.7 Å². The Balaban J connectivity index is 1.93. The van der Waals surface area contributed by atoms with Gasteiger partial charge in [-0.25, -0.2) is 4.99 Å². The number of thioether (sulfide) groups is 1. The smallest absolute Gasteiger partial charge is 0.264 e. The molecule has 1 aliphatic heterocycles. The molecular formula is C21H22N2O6S. The minimum absolute atomic E-state index is 0.261. The molecular weight excluding hydrogens is 408 g/mol. The molecule has 0 saturated carbocycles. The van der Waals surface area contributed by atoms with Crippen LogP contribution in [0.5, 0.6) is 28.7 Å². The highest BCUT2D eigenvalue weighted by atomic mass is 32.2. The number of hydrogen-bond acceptors (Lipinski definition) is 8. The van der Waals surface area contributed by atoms with E-state index in [2.05, 4.69) is 10.3 Å². The highest BCUT2D eigenvalue weighted by molar-refractivity contribution is 8.18. The van der Waals surface area contributed by atoms with E-state index in [9.17, 15) is 4.79 Å². The van der Waals surface area contributed by atoms with Gasteiger partial charge in [-0.05, 0) is 42.1 Å². The first-order chi connectivity index (χ1) is 14.5. The largest absolute Gasteiger partial charge is 0.497 e. The standard InChI is InChI=1S/C21H22N2O6S/c1-25-13-7-8-14(16(11-13)27-3)22-21-23-20(24)17(30-21)10-12-6-9-15(26-2)19(29-5)18(12)28-4/h6-11H,1-5H3,(H,22,23,24)/b17-10-. The highest BCUT2D eigenvalue weighted by Gasteiger charge is 2.25. The molecule has 0 bridgehead atoms. The molecule has 1 heterocycles. The first kappa shape index (κ1) is 21.4. The maximum absolute atomic E-state index is 12.5. The predicted octanol–water partition coefficient (Wildman–Crippen LogP) is 3.62. The zero-order chi connectivity index (χ0) is 21.7. The Labute approximate surface area is 178 Å². The van der Waals surface area contributed by atoms with Crippen molar-refractivity contribution in [1.82, 2.24) is 5.32 Å². The van der Waals surface area contributed by atoms with E-state index in [4.69, 9.17) is 23.7 Å². The maximum atomic E-state index is 12.5. The van der Waals surface area contributed by atoms with Crippen molar-refractivity contribution in [2.24, 2.45) is 4.99 Å². The SMILES string of the molecule is COc1ccc(N=C2NC(=O)/C(=C/c3ccc(OC)c(OC)c3OC)S2)c(OC)c1. The third-order valence-corrected chi connectivity index (χ3v) is 5.19. The lowest BCUT2D eigenvalue weighted by atomic mass is 10.1. The summed E-state index contributed by atoms with van der Waals surface area (Å²) in [5.74, 6) is 2.39. The second-order valence-corrected chi connectivity index (χ2v) is 6.97. The van der Waals surface area contributed by atoms with Crippen molar-refractivity contribution >= 4 is 34.6 Å². The van der Waals surface area contributed by atoms with E-state index >= 15 is 0 Å². The van der Waals surface area contributed by atoms with Gasteiger partial charge in [0, 0.05) is 11.6 Å². The van der Waals surface area contributed by atoms with Crippen LogP contribution in [-0.4, -0.2) is 46.6 Å². The van der Waals surface area contributed by atoms with Gasteiger partial charge in [0.15, 0.2) is 16.7 Å². The fourth-order valence-electron chi connectivity index (χ4n) is 2.85. The fraction of sp³-hybridized carbons (Fsp3) is 0.238.